The molecule has 1 unspecified atom stereocenters. The van der Waals surface area contributed by atoms with Crippen LogP contribution in [0.15, 0.2) is 46.6 Å². The fraction of sp³-hybridized carbons (Fsp3) is 0.567. The second kappa shape index (κ2) is 14.8. The topological polar surface area (TPSA) is 35.5 Å². The van der Waals surface area contributed by atoms with E-state index < -0.39 is 18.4 Å². The van der Waals surface area contributed by atoms with Crippen molar-refractivity contribution in [1.82, 2.24) is 0 Å². The molecule has 0 N–H and O–H groups in total. The van der Waals surface area contributed by atoms with Gasteiger partial charge >= 0.3 is 201 Å². The van der Waals surface area contributed by atoms with Gasteiger partial charge in [-0.3, -0.25) is 0 Å². The predicted molar refractivity (Wildman–Crippen MR) is 149 cm³/mol. The Kier molecular flexibility index (Phi) is 12.5. The number of carbonyl (C=O) groups excluding carboxylic acids is 1. The molecule has 0 spiro atoms. The van der Waals surface area contributed by atoms with E-state index in [1.54, 1.807) is 7.11 Å². The number of esters is 1. The van der Waals surface area contributed by atoms with Crippen molar-refractivity contribution in [3.8, 4) is 5.75 Å². The zero-order valence-corrected chi connectivity index (χ0v) is 25.1. The van der Waals surface area contributed by atoms with Crippen LogP contribution in [-0.2, 0) is 9.53 Å². The van der Waals surface area contributed by atoms with E-state index in [1.165, 1.54) is 55.4 Å². The summed E-state index contributed by atoms with van der Waals surface area (Å²) in [6.07, 6.45) is 8.61. The van der Waals surface area contributed by atoms with Crippen molar-refractivity contribution in [3.05, 3.63) is 52.1 Å². The first-order valence-electron chi connectivity index (χ1n) is 13.3. The monoisotopic (exact) mass is 574 g/mol. The molecule has 2 rings (SSSR count). The van der Waals surface area contributed by atoms with Gasteiger partial charge in [0.05, 0.1) is 7.11 Å². The molecule has 0 heterocycles. The van der Waals surface area contributed by atoms with Crippen LogP contribution < -0.4 is 4.74 Å². The SMILES string of the molecule is C=[C](CCOC(=O)C(C)c1ccc2cc(OC)ccc2c1)[Sn]([CH2]CCC)([CH2]CCC)[CH2]CCC. The number of fused-ring (bicyclic) bond motifs is 1. The third-order valence-corrected chi connectivity index (χ3v) is 23.6. The van der Waals surface area contributed by atoms with Gasteiger partial charge in [-0.1, -0.05) is 0 Å². The van der Waals surface area contributed by atoms with Crippen LogP contribution in [-0.4, -0.2) is 38.1 Å². The third-order valence-electron chi connectivity index (χ3n) is 7.35. The van der Waals surface area contributed by atoms with Gasteiger partial charge in [0.1, 0.15) is 0 Å². The van der Waals surface area contributed by atoms with Gasteiger partial charge in [-0.15, -0.1) is 0 Å². The first-order valence-corrected chi connectivity index (χ1v) is 20.8. The Bertz CT molecular complexity index is 899. The molecule has 0 aliphatic rings. The summed E-state index contributed by atoms with van der Waals surface area (Å²) >= 11 is -2.46. The number of hydrogen-bond donors (Lipinski definition) is 0. The summed E-state index contributed by atoms with van der Waals surface area (Å²) in [6, 6.07) is 12.2. The number of ether oxygens (including phenoxy) is 2. The van der Waals surface area contributed by atoms with Gasteiger partial charge < -0.3 is 4.74 Å². The summed E-state index contributed by atoms with van der Waals surface area (Å²) < 4.78 is 16.8. The molecule has 0 aliphatic heterocycles. The van der Waals surface area contributed by atoms with Crippen LogP contribution >= 0.6 is 0 Å². The summed E-state index contributed by atoms with van der Waals surface area (Å²) in [5, 5.41) is 2.21. The molecule has 0 fully saturated rings. The van der Waals surface area contributed by atoms with Crippen LogP contribution in [0, 0.1) is 0 Å². The van der Waals surface area contributed by atoms with Gasteiger partial charge in [-0.2, -0.15) is 0 Å². The van der Waals surface area contributed by atoms with Crippen LogP contribution in [0.3, 0.4) is 0 Å². The normalized spacial score (nSPS) is 12.5. The molecular weight excluding hydrogens is 527 g/mol. The Morgan fingerprint density at radius 1 is 0.912 bits per heavy atom. The molecule has 0 radical (unpaired) electrons. The van der Waals surface area contributed by atoms with Crippen LogP contribution in [0.1, 0.15) is 84.1 Å². The number of rotatable bonds is 16. The van der Waals surface area contributed by atoms with Gasteiger partial charge in [0.25, 0.3) is 0 Å². The Morgan fingerprint density at radius 3 is 2.03 bits per heavy atom. The molecule has 0 aliphatic carbocycles. The Balaban J connectivity index is 2.01. The van der Waals surface area contributed by atoms with Gasteiger partial charge in [-0.05, 0) is 0 Å². The Morgan fingerprint density at radius 2 is 1.47 bits per heavy atom. The summed E-state index contributed by atoms with van der Waals surface area (Å²) in [5.74, 6) is 0.414. The van der Waals surface area contributed by atoms with E-state index in [2.05, 4.69) is 39.5 Å². The third kappa shape index (κ3) is 8.03. The molecule has 3 nitrogen and oxygen atoms in total. The second-order valence-electron chi connectivity index (χ2n) is 9.81. The number of benzene rings is 2. The molecule has 0 aromatic heterocycles. The van der Waals surface area contributed by atoms with E-state index >= 15 is 0 Å². The number of unbranched alkanes of at least 4 members (excludes halogenated alkanes) is 3. The first kappa shape index (κ1) is 28.7. The van der Waals surface area contributed by atoms with E-state index in [9.17, 15) is 4.79 Å². The fourth-order valence-electron chi connectivity index (χ4n) is 4.89. The minimum atomic E-state index is -2.46. The molecular formula is C30H46O3Sn. The van der Waals surface area contributed by atoms with Crippen molar-refractivity contribution in [2.75, 3.05) is 13.7 Å². The average Bonchev–Trinajstić information content (AvgIpc) is 2.87. The minimum absolute atomic E-state index is 0.142. The fourth-order valence-corrected chi connectivity index (χ4v) is 20.7. The molecule has 4 heteroatoms. The van der Waals surface area contributed by atoms with Crippen LogP contribution in [0.5, 0.6) is 5.75 Å². The van der Waals surface area contributed by atoms with Crippen molar-refractivity contribution in [1.29, 1.82) is 0 Å². The zero-order chi connectivity index (χ0) is 25.0. The average molecular weight is 573 g/mol. The standard InChI is InChI=1S/C18H19O3.3C4H9.Sn/c1-4-5-10-21-18(19)13(2)14-6-7-16-12-17(20-3)9-8-15(16)11-14;3*1-3-4-2;/h6-9,11-13H,1,5,10H2,2-3H3;3*1,3-4H2,2H3;. The van der Waals surface area contributed by atoms with E-state index in [0.29, 0.717) is 6.61 Å². The molecule has 0 bridgehead atoms. The molecule has 2 aromatic rings. The van der Waals surface area contributed by atoms with Gasteiger partial charge in [-0.25, -0.2) is 0 Å². The van der Waals surface area contributed by atoms with Crippen LogP contribution in [0.4, 0.5) is 0 Å². The molecule has 1 atom stereocenters. The van der Waals surface area contributed by atoms with Crippen molar-refractivity contribution in [3.63, 3.8) is 0 Å². The Labute approximate surface area is 212 Å². The number of carbonyl (C=O) groups is 1. The maximum atomic E-state index is 12.9. The molecule has 0 saturated carbocycles. The molecule has 188 valence electrons. The quantitative estimate of drug-likeness (QED) is 0.149. The number of methoxy groups -OCH3 is 1. The van der Waals surface area contributed by atoms with Crippen molar-refractivity contribution >= 4 is 35.1 Å². The second-order valence-corrected chi connectivity index (χ2v) is 23.4. The van der Waals surface area contributed by atoms with E-state index in [0.717, 1.165) is 28.5 Å². The summed E-state index contributed by atoms with van der Waals surface area (Å²) in [6.45, 7) is 13.9. The van der Waals surface area contributed by atoms with Crippen molar-refractivity contribution < 1.29 is 14.3 Å². The van der Waals surface area contributed by atoms with Gasteiger partial charge in [0.15, 0.2) is 0 Å². The maximum absolute atomic E-state index is 12.9. The van der Waals surface area contributed by atoms with E-state index in [1.807, 2.05) is 31.2 Å². The van der Waals surface area contributed by atoms with E-state index in [4.69, 9.17) is 9.47 Å². The molecule has 0 amide bonds. The molecule has 2 aromatic carbocycles. The summed E-state index contributed by atoms with van der Waals surface area (Å²) in [5.41, 5.74) is 0.990. The molecule has 0 saturated heterocycles. The van der Waals surface area contributed by atoms with Crippen LogP contribution in [0.2, 0.25) is 13.3 Å². The Hall–Kier alpha value is -1.49. The van der Waals surface area contributed by atoms with Crippen molar-refractivity contribution in [2.24, 2.45) is 0 Å². The van der Waals surface area contributed by atoms with Gasteiger partial charge in [0, 0.05) is 0 Å². The predicted octanol–water partition coefficient (Wildman–Crippen LogP) is 8.83. The summed E-state index contributed by atoms with van der Waals surface area (Å²) in [7, 11) is 1.67. The van der Waals surface area contributed by atoms with Crippen molar-refractivity contribution in [2.45, 2.75) is 91.9 Å². The summed E-state index contributed by atoms with van der Waals surface area (Å²) in [4.78, 5) is 12.9. The van der Waals surface area contributed by atoms with E-state index in [-0.39, 0.29) is 11.9 Å². The number of hydrogen-bond acceptors (Lipinski definition) is 3. The van der Waals surface area contributed by atoms with Gasteiger partial charge in [0.2, 0.25) is 0 Å². The van der Waals surface area contributed by atoms with Crippen LogP contribution in [0.25, 0.3) is 10.8 Å². The first-order chi connectivity index (χ1) is 16.4. The zero-order valence-electron chi connectivity index (χ0n) is 22.3. The molecule has 34 heavy (non-hydrogen) atoms.